The largest absolute Gasteiger partial charge is 0.496 e. The Labute approximate surface area is 111 Å². The quantitative estimate of drug-likeness (QED) is 0.781. The predicted octanol–water partition coefficient (Wildman–Crippen LogP) is 2.47. The van der Waals surface area contributed by atoms with Gasteiger partial charge in [-0.1, -0.05) is 31.5 Å². The first-order valence-corrected chi connectivity index (χ1v) is 6.53. The smallest absolute Gasteiger partial charge is 0.123 e. The van der Waals surface area contributed by atoms with Crippen molar-refractivity contribution in [3.05, 3.63) is 29.3 Å². The van der Waals surface area contributed by atoms with Crippen LogP contribution < -0.4 is 15.8 Å². The van der Waals surface area contributed by atoms with Gasteiger partial charge >= 0.3 is 0 Å². The minimum absolute atomic E-state index is 0.242. The van der Waals surface area contributed by atoms with Crippen LogP contribution in [0, 0.1) is 12.3 Å². The van der Waals surface area contributed by atoms with Crippen LogP contribution in [0.3, 0.4) is 0 Å². The van der Waals surface area contributed by atoms with Crippen LogP contribution in [0.25, 0.3) is 0 Å². The van der Waals surface area contributed by atoms with E-state index < -0.39 is 0 Å². The van der Waals surface area contributed by atoms with Crippen LogP contribution in [0.2, 0.25) is 0 Å². The number of nitrogens with two attached hydrogens (primary N) is 1. The summed E-state index contributed by atoms with van der Waals surface area (Å²) in [5.41, 5.74) is 8.32. The summed E-state index contributed by atoms with van der Waals surface area (Å²) in [6, 6.07) is 6.26. The maximum Gasteiger partial charge on any atom is 0.123 e. The van der Waals surface area contributed by atoms with Gasteiger partial charge in [0, 0.05) is 18.7 Å². The molecule has 0 aliphatic rings. The molecule has 0 saturated heterocycles. The van der Waals surface area contributed by atoms with E-state index in [4.69, 9.17) is 10.5 Å². The van der Waals surface area contributed by atoms with Gasteiger partial charge in [-0.3, -0.25) is 0 Å². The SMILES string of the molecule is COc1ccc(C)cc1CNCC(C)(C)CCN. The topological polar surface area (TPSA) is 47.3 Å². The maximum absolute atomic E-state index is 5.62. The summed E-state index contributed by atoms with van der Waals surface area (Å²) in [5, 5.41) is 3.49. The molecule has 3 N–H and O–H groups in total. The van der Waals surface area contributed by atoms with Gasteiger partial charge < -0.3 is 15.8 Å². The molecule has 3 heteroatoms. The lowest BCUT2D eigenvalue weighted by Crippen LogP contribution is -2.31. The molecule has 1 rings (SSSR count). The number of nitrogens with one attached hydrogen (secondary N) is 1. The van der Waals surface area contributed by atoms with Crippen molar-refractivity contribution in [2.75, 3.05) is 20.2 Å². The number of aryl methyl sites for hydroxylation is 1. The van der Waals surface area contributed by atoms with E-state index in [9.17, 15) is 0 Å². The van der Waals surface area contributed by atoms with E-state index in [1.165, 1.54) is 11.1 Å². The zero-order chi connectivity index (χ0) is 13.6. The second kappa shape index (κ2) is 6.76. The van der Waals surface area contributed by atoms with Gasteiger partial charge in [0.25, 0.3) is 0 Å². The van der Waals surface area contributed by atoms with E-state index in [1.807, 2.05) is 6.07 Å². The van der Waals surface area contributed by atoms with Crippen LogP contribution in [0.5, 0.6) is 5.75 Å². The molecule has 0 aliphatic carbocycles. The third kappa shape index (κ3) is 4.67. The molecule has 3 nitrogen and oxygen atoms in total. The summed E-state index contributed by atoms with van der Waals surface area (Å²) in [5.74, 6) is 0.949. The van der Waals surface area contributed by atoms with Crippen LogP contribution in [0.4, 0.5) is 0 Å². The fraction of sp³-hybridized carbons (Fsp3) is 0.600. The Morgan fingerprint density at radius 3 is 2.67 bits per heavy atom. The number of methoxy groups -OCH3 is 1. The van der Waals surface area contributed by atoms with Gasteiger partial charge in [0.15, 0.2) is 0 Å². The molecule has 0 atom stereocenters. The van der Waals surface area contributed by atoms with E-state index in [2.05, 4.69) is 38.2 Å². The summed E-state index contributed by atoms with van der Waals surface area (Å²) in [6.07, 6.45) is 1.03. The zero-order valence-electron chi connectivity index (χ0n) is 12.0. The molecule has 0 fully saturated rings. The van der Waals surface area contributed by atoms with Crippen molar-refractivity contribution in [1.82, 2.24) is 5.32 Å². The van der Waals surface area contributed by atoms with E-state index in [-0.39, 0.29) is 5.41 Å². The molecule has 0 bridgehead atoms. The van der Waals surface area contributed by atoms with Crippen molar-refractivity contribution < 1.29 is 4.74 Å². The Bertz CT molecular complexity index is 375. The van der Waals surface area contributed by atoms with Crippen LogP contribution in [0.1, 0.15) is 31.4 Å². The lowest BCUT2D eigenvalue weighted by molar-refractivity contribution is 0.317. The minimum atomic E-state index is 0.242. The first-order chi connectivity index (χ1) is 8.48. The third-order valence-corrected chi connectivity index (χ3v) is 3.18. The summed E-state index contributed by atoms with van der Waals surface area (Å²) >= 11 is 0. The Kier molecular flexibility index (Phi) is 5.63. The first-order valence-electron chi connectivity index (χ1n) is 6.53. The van der Waals surface area contributed by atoms with Gasteiger partial charge in [-0.2, -0.15) is 0 Å². The lowest BCUT2D eigenvalue weighted by Gasteiger charge is -2.24. The number of benzene rings is 1. The molecular weight excluding hydrogens is 224 g/mol. The van der Waals surface area contributed by atoms with Crippen molar-refractivity contribution in [1.29, 1.82) is 0 Å². The first kappa shape index (κ1) is 15.0. The third-order valence-electron chi connectivity index (χ3n) is 3.18. The average molecular weight is 250 g/mol. The Morgan fingerprint density at radius 2 is 2.06 bits per heavy atom. The highest BCUT2D eigenvalue weighted by atomic mass is 16.5. The highest BCUT2D eigenvalue weighted by Crippen LogP contribution is 2.21. The molecule has 1 aromatic rings. The second-order valence-corrected chi connectivity index (χ2v) is 5.62. The Morgan fingerprint density at radius 1 is 1.33 bits per heavy atom. The maximum atomic E-state index is 5.62. The monoisotopic (exact) mass is 250 g/mol. The molecule has 0 unspecified atom stereocenters. The number of hydrogen-bond acceptors (Lipinski definition) is 3. The average Bonchev–Trinajstić information content (AvgIpc) is 2.29. The van der Waals surface area contributed by atoms with E-state index in [0.717, 1.165) is 31.8 Å². The highest BCUT2D eigenvalue weighted by molar-refractivity contribution is 5.36. The van der Waals surface area contributed by atoms with Crippen LogP contribution in [-0.4, -0.2) is 20.2 Å². The normalized spacial score (nSPS) is 11.6. The molecule has 102 valence electrons. The minimum Gasteiger partial charge on any atom is -0.496 e. The zero-order valence-corrected chi connectivity index (χ0v) is 12.0. The van der Waals surface area contributed by atoms with Crippen LogP contribution >= 0.6 is 0 Å². The fourth-order valence-electron chi connectivity index (χ4n) is 2.06. The molecule has 0 aliphatic heterocycles. The number of rotatable bonds is 7. The van der Waals surface area contributed by atoms with Gasteiger partial charge in [0.05, 0.1) is 7.11 Å². The number of ether oxygens (including phenoxy) is 1. The molecule has 0 radical (unpaired) electrons. The molecular formula is C15H26N2O. The molecule has 1 aromatic carbocycles. The standard InChI is InChI=1S/C15H26N2O/c1-12-5-6-14(18-4)13(9-12)10-17-11-15(2,3)7-8-16/h5-6,9,17H,7-8,10-11,16H2,1-4H3. The Hall–Kier alpha value is -1.06. The molecule has 0 saturated carbocycles. The van der Waals surface area contributed by atoms with Crippen molar-refractivity contribution in [2.45, 2.75) is 33.7 Å². The van der Waals surface area contributed by atoms with Crippen LogP contribution in [-0.2, 0) is 6.54 Å². The van der Waals surface area contributed by atoms with Crippen molar-refractivity contribution in [3.63, 3.8) is 0 Å². The van der Waals surface area contributed by atoms with Gasteiger partial charge in [0.2, 0.25) is 0 Å². The lowest BCUT2D eigenvalue weighted by atomic mass is 9.89. The summed E-state index contributed by atoms with van der Waals surface area (Å²) in [6.45, 7) is 9.10. The van der Waals surface area contributed by atoms with E-state index in [0.29, 0.717) is 0 Å². The Balaban J connectivity index is 2.55. The predicted molar refractivity (Wildman–Crippen MR) is 76.9 cm³/mol. The van der Waals surface area contributed by atoms with Gasteiger partial charge in [0.1, 0.15) is 5.75 Å². The summed E-state index contributed by atoms with van der Waals surface area (Å²) in [7, 11) is 1.71. The molecule has 0 heterocycles. The number of hydrogen-bond donors (Lipinski definition) is 2. The van der Waals surface area contributed by atoms with Gasteiger partial charge in [-0.25, -0.2) is 0 Å². The van der Waals surface area contributed by atoms with Gasteiger partial charge in [-0.05, 0) is 31.4 Å². The molecule has 0 spiro atoms. The second-order valence-electron chi connectivity index (χ2n) is 5.62. The van der Waals surface area contributed by atoms with Crippen molar-refractivity contribution in [3.8, 4) is 5.75 Å². The van der Waals surface area contributed by atoms with E-state index >= 15 is 0 Å². The van der Waals surface area contributed by atoms with Gasteiger partial charge in [-0.15, -0.1) is 0 Å². The van der Waals surface area contributed by atoms with Crippen molar-refractivity contribution >= 4 is 0 Å². The van der Waals surface area contributed by atoms with E-state index in [1.54, 1.807) is 7.11 Å². The van der Waals surface area contributed by atoms with Crippen LogP contribution in [0.15, 0.2) is 18.2 Å². The summed E-state index contributed by atoms with van der Waals surface area (Å²) < 4.78 is 5.37. The highest BCUT2D eigenvalue weighted by Gasteiger charge is 2.16. The van der Waals surface area contributed by atoms with Crippen molar-refractivity contribution in [2.24, 2.45) is 11.1 Å². The molecule has 18 heavy (non-hydrogen) atoms. The molecule has 0 amide bonds. The molecule has 0 aromatic heterocycles. The summed E-state index contributed by atoms with van der Waals surface area (Å²) in [4.78, 5) is 0. The fourth-order valence-corrected chi connectivity index (χ4v) is 2.06.